The molecule has 2 saturated heterocycles. The van der Waals surface area contributed by atoms with Crippen molar-refractivity contribution in [2.75, 3.05) is 44.2 Å². The zero-order chi connectivity index (χ0) is 20.2. The Kier molecular flexibility index (Phi) is 6.50. The van der Waals surface area contributed by atoms with E-state index >= 15 is 0 Å². The summed E-state index contributed by atoms with van der Waals surface area (Å²) in [4.78, 5) is 19.7. The lowest BCUT2D eigenvalue weighted by molar-refractivity contribution is -0.137. The summed E-state index contributed by atoms with van der Waals surface area (Å²) in [6, 6.07) is 15.1. The summed E-state index contributed by atoms with van der Waals surface area (Å²) >= 11 is 3.48. The molecule has 6 heteroatoms. The summed E-state index contributed by atoms with van der Waals surface area (Å²) in [6.45, 7) is 6.00. The smallest absolute Gasteiger partial charge is 0.225 e. The number of halogens is 2. The lowest BCUT2D eigenvalue weighted by Gasteiger charge is -2.39. The van der Waals surface area contributed by atoms with Crippen molar-refractivity contribution in [3.05, 3.63) is 64.4 Å². The van der Waals surface area contributed by atoms with Crippen LogP contribution < -0.4 is 4.90 Å². The number of anilines is 1. The number of nitrogens with zero attached hydrogens (tertiary/aromatic N) is 3. The highest BCUT2D eigenvalue weighted by Gasteiger charge is 2.30. The molecule has 0 atom stereocenters. The van der Waals surface area contributed by atoms with Gasteiger partial charge in [0.25, 0.3) is 0 Å². The van der Waals surface area contributed by atoms with Crippen LogP contribution in [0.5, 0.6) is 0 Å². The molecule has 0 bridgehead atoms. The van der Waals surface area contributed by atoms with E-state index in [0.717, 1.165) is 68.8 Å². The van der Waals surface area contributed by atoms with Crippen LogP contribution >= 0.6 is 15.9 Å². The van der Waals surface area contributed by atoms with Crippen LogP contribution in [0.3, 0.4) is 0 Å². The zero-order valence-corrected chi connectivity index (χ0v) is 18.2. The van der Waals surface area contributed by atoms with Gasteiger partial charge >= 0.3 is 0 Å². The van der Waals surface area contributed by atoms with Crippen LogP contribution in [-0.2, 0) is 11.3 Å². The molecule has 0 spiro atoms. The molecule has 2 fully saturated rings. The number of hydrogen-bond donors (Lipinski definition) is 0. The standard InChI is InChI=1S/C23H27BrFN3O/c24-20-3-1-18(2-4-20)17-26-11-9-19(10-12-26)23(29)28-15-13-27(14-16-28)22-7-5-21(25)6-8-22/h1-8,19H,9-17H2. The third-order valence-corrected chi connectivity index (χ3v) is 6.57. The van der Waals surface area contributed by atoms with Crippen LogP contribution in [0.1, 0.15) is 18.4 Å². The quantitative estimate of drug-likeness (QED) is 0.686. The predicted octanol–water partition coefficient (Wildman–Crippen LogP) is 4.15. The number of carbonyl (C=O) groups excluding carboxylic acids is 1. The minimum Gasteiger partial charge on any atom is -0.368 e. The van der Waals surface area contributed by atoms with Crippen LogP contribution in [0.15, 0.2) is 53.0 Å². The molecular weight excluding hydrogens is 433 g/mol. The van der Waals surface area contributed by atoms with E-state index in [-0.39, 0.29) is 11.7 Å². The highest BCUT2D eigenvalue weighted by molar-refractivity contribution is 9.10. The van der Waals surface area contributed by atoms with Gasteiger partial charge in [0, 0.05) is 48.8 Å². The number of benzene rings is 2. The highest BCUT2D eigenvalue weighted by Crippen LogP contribution is 2.23. The molecule has 0 saturated carbocycles. The van der Waals surface area contributed by atoms with Crippen LogP contribution in [0.4, 0.5) is 10.1 Å². The normalized spacial score (nSPS) is 18.8. The molecule has 2 aromatic carbocycles. The number of likely N-dealkylation sites (tertiary alicyclic amines) is 1. The average Bonchev–Trinajstić information content (AvgIpc) is 2.76. The number of amides is 1. The topological polar surface area (TPSA) is 26.8 Å². The maximum atomic E-state index is 13.1. The van der Waals surface area contributed by atoms with Crippen LogP contribution in [0, 0.1) is 11.7 Å². The molecule has 4 nitrogen and oxygen atoms in total. The molecule has 0 aromatic heterocycles. The van der Waals surface area contributed by atoms with Gasteiger partial charge in [0.05, 0.1) is 0 Å². The molecule has 1 amide bonds. The van der Waals surface area contributed by atoms with Crippen molar-refractivity contribution in [1.82, 2.24) is 9.80 Å². The van der Waals surface area contributed by atoms with Crippen molar-refractivity contribution in [1.29, 1.82) is 0 Å². The van der Waals surface area contributed by atoms with E-state index < -0.39 is 0 Å². The van der Waals surface area contributed by atoms with E-state index in [1.807, 2.05) is 17.0 Å². The van der Waals surface area contributed by atoms with Gasteiger partial charge in [-0.15, -0.1) is 0 Å². The second-order valence-electron chi connectivity index (χ2n) is 7.97. The first-order valence-electron chi connectivity index (χ1n) is 10.3. The SMILES string of the molecule is O=C(C1CCN(Cc2ccc(Br)cc2)CC1)N1CCN(c2ccc(F)cc2)CC1. The number of piperidine rings is 1. The van der Waals surface area contributed by atoms with E-state index in [0.29, 0.717) is 5.91 Å². The Labute approximate surface area is 180 Å². The summed E-state index contributed by atoms with van der Waals surface area (Å²) in [5.41, 5.74) is 2.34. The van der Waals surface area contributed by atoms with E-state index in [1.54, 1.807) is 0 Å². The fourth-order valence-corrected chi connectivity index (χ4v) is 4.55. The fourth-order valence-electron chi connectivity index (χ4n) is 4.28. The molecule has 0 radical (unpaired) electrons. The molecular formula is C23H27BrFN3O. The van der Waals surface area contributed by atoms with Gasteiger partial charge in [-0.3, -0.25) is 9.69 Å². The first-order chi connectivity index (χ1) is 14.1. The summed E-state index contributed by atoms with van der Waals surface area (Å²) in [5.74, 6) is 0.245. The fraction of sp³-hybridized carbons (Fsp3) is 0.435. The molecule has 0 aliphatic carbocycles. The van der Waals surface area contributed by atoms with Gasteiger partial charge in [-0.05, 0) is 67.9 Å². The van der Waals surface area contributed by atoms with Gasteiger partial charge < -0.3 is 9.80 Å². The van der Waals surface area contributed by atoms with Crippen molar-refractivity contribution in [2.24, 2.45) is 5.92 Å². The van der Waals surface area contributed by atoms with E-state index in [4.69, 9.17) is 0 Å². The van der Waals surface area contributed by atoms with Crippen LogP contribution in [-0.4, -0.2) is 55.0 Å². The Bertz CT molecular complexity index is 811. The van der Waals surface area contributed by atoms with Crippen molar-refractivity contribution in [3.8, 4) is 0 Å². The third-order valence-electron chi connectivity index (χ3n) is 6.04. The summed E-state index contributed by atoms with van der Waals surface area (Å²) in [5, 5.41) is 0. The molecule has 29 heavy (non-hydrogen) atoms. The number of carbonyl (C=O) groups is 1. The molecule has 2 aromatic rings. The van der Waals surface area contributed by atoms with Gasteiger partial charge in [-0.25, -0.2) is 4.39 Å². The molecule has 0 unspecified atom stereocenters. The van der Waals surface area contributed by atoms with Crippen LogP contribution in [0.25, 0.3) is 0 Å². The van der Waals surface area contributed by atoms with Crippen molar-refractivity contribution < 1.29 is 9.18 Å². The minimum atomic E-state index is -0.214. The maximum absolute atomic E-state index is 13.1. The van der Waals surface area contributed by atoms with Gasteiger partial charge in [0.2, 0.25) is 5.91 Å². The lowest BCUT2D eigenvalue weighted by atomic mass is 9.94. The highest BCUT2D eigenvalue weighted by atomic mass is 79.9. The second kappa shape index (κ2) is 9.26. The Morgan fingerprint density at radius 3 is 2.14 bits per heavy atom. The van der Waals surface area contributed by atoms with Gasteiger partial charge in [-0.1, -0.05) is 28.1 Å². The molecule has 4 rings (SSSR count). The number of hydrogen-bond acceptors (Lipinski definition) is 3. The largest absolute Gasteiger partial charge is 0.368 e. The monoisotopic (exact) mass is 459 g/mol. The first-order valence-corrected chi connectivity index (χ1v) is 11.1. The summed E-state index contributed by atoms with van der Waals surface area (Å²) in [7, 11) is 0. The van der Waals surface area contributed by atoms with E-state index in [1.165, 1.54) is 17.7 Å². The number of rotatable bonds is 4. The van der Waals surface area contributed by atoms with Crippen molar-refractivity contribution in [3.63, 3.8) is 0 Å². The van der Waals surface area contributed by atoms with Gasteiger partial charge in [0.15, 0.2) is 0 Å². The van der Waals surface area contributed by atoms with Gasteiger partial charge in [-0.2, -0.15) is 0 Å². The Morgan fingerprint density at radius 1 is 0.897 bits per heavy atom. The van der Waals surface area contributed by atoms with E-state index in [9.17, 15) is 9.18 Å². The summed E-state index contributed by atoms with van der Waals surface area (Å²) < 4.78 is 14.2. The van der Waals surface area contributed by atoms with Gasteiger partial charge in [0.1, 0.15) is 5.82 Å². The Balaban J connectivity index is 1.23. The zero-order valence-electron chi connectivity index (χ0n) is 16.6. The third kappa shape index (κ3) is 5.17. The minimum absolute atomic E-state index is 0.147. The van der Waals surface area contributed by atoms with Crippen LogP contribution in [0.2, 0.25) is 0 Å². The lowest BCUT2D eigenvalue weighted by Crippen LogP contribution is -2.51. The summed E-state index contributed by atoms with van der Waals surface area (Å²) in [6.07, 6.45) is 1.88. The second-order valence-corrected chi connectivity index (χ2v) is 8.88. The maximum Gasteiger partial charge on any atom is 0.225 e. The molecule has 2 aliphatic rings. The Hall–Kier alpha value is -1.92. The van der Waals surface area contributed by atoms with Crippen molar-refractivity contribution in [2.45, 2.75) is 19.4 Å². The molecule has 2 aliphatic heterocycles. The Morgan fingerprint density at radius 2 is 1.52 bits per heavy atom. The molecule has 2 heterocycles. The molecule has 0 N–H and O–H groups in total. The van der Waals surface area contributed by atoms with Crippen molar-refractivity contribution >= 4 is 27.5 Å². The molecule has 154 valence electrons. The predicted molar refractivity (Wildman–Crippen MR) is 117 cm³/mol. The average molecular weight is 460 g/mol. The van der Waals surface area contributed by atoms with E-state index in [2.05, 4.69) is 50.0 Å². The first kappa shape index (κ1) is 20.4. The number of piperazine rings is 1.